The van der Waals surface area contributed by atoms with Gasteiger partial charge < -0.3 is 4.90 Å². The lowest BCUT2D eigenvalue weighted by atomic mass is 10.3. The second kappa shape index (κ2) is 3.17. The van der Waals surface area contributed by atoms with E-state index in [4.69, 9.17) is 0 Å². The number of rotatable bonds is 1. The SMILES string of the molecule is Cc1ccnc(N2CCC(=O)C2)c1. The van der Waals surface area contributed by atoms with Crippen LogP contribution in [0.2, 0.25) is 0 Å². The van der Waals surface area contributed by atoms with E-state index in [9.17, 15) is 4.79 Å². The average Bonchev–Trinajstić information content (AvgIpc) is 2.52. The molecule has 68 valence electrons. The maximum atomic E-state index is 11.0. The van der Waals surface area contributed by atoms with Crippen molar-refractivity contribution >= 4 is 11.6 Å². The van der Waals surface area contributed by atoms with Gasteiger partial charge >= 0.3 is 0 Å². The van der Waals surface area contributed by atoms with Crippen molar-refractivity contribution in [3.63, 3.8) is 0 Å². The van der Waals surface area contributed by atoms with Crippen LogP contribution in [0.4, 0.5) is 5.82 Å². The van der Waals surface area contributed by atoms with Crippen LogP contribution in [0.25, 0.3) is 0 Å². The lowest BCUT2D eigenvalue weighted by Crippen LogP contribution is -2.20. The largest absolute Gasteiger partial charge is 0.349 e. The van der Waals surface area contributed by atoms with Crippen LogP contribution >= 0.6 is 0 Å². The highest BCUT2D eigenvalue weighted by Gasteiger charge is 2.19. The lowest BCUT2D eigenvalue weighted by molar-refractivity contribution is -0.116. The van der Waals surface area contributed by atoms with Gasteiger partial charge in [-0.1, -0.05) is 0 Å². The number of carbonyl (C=O) groups excluding carboxylic acids is 1. The maximum Gasteiger partial charge on any atom is 0.153 e. The molecule has 0 spiro atoms. The number of aryl methyl sites for hydroxylation is 1. The number of hydrogen-bond acceptors (Lipinski definition) is 3. The molecule has 1 aromatic heterocycles. The fourth-order valence-corrected chi connectivity index (χ4v) is 1.52. The maximum absolute atomic E-state index is 11.0. The molecular formula is C10H12N2O. The molecule has 0 amide bonds. The summed E-state index contributed by atoms with van der Waals surface area (Å²) in [4.78, 5) is 17.3. The van der Waals surface area contributed by atoms with E-state index in [2.05, 4.69) is 4.98 Å². The zero-order valence-corrected chi connectivity index (χ0v) is 7.66. The Morgan fingerprint density at radius 2 is 2.38 bits per heavy atom. The van der Waals surface area contributed by atoms with Crippen LogP contribution in [0.1, 0.15) is 12.0 Å². The number of Topliss-reactive ketones (excluding diaryl/α,β-unsaturated/α-hetero) is 1. The second-order valence-electron chi connectivity index (χ2n) is 3.40. The molecule has 0 radical (unpaired) electrons. The van der Waals surface area contributed by atoms with Gasteiger partial charge in [0.2, 0.25) is 0 Å². The number of nitrogens with zero attached hydrogens (tertiary/aromatic N) is 2. The number of carbonyl (C=O) groups is 1. The summed E-state index contributed by atoms with van der Waals surface area (Å²) in [6.45, 7) is 3.37. The molecule has 3 heteroatoms. The second-order valence-corrected chi connectivity index (χ2v) is 3.40. The van der Waals surface area contributed by atoms with E-state index in [0.29, 0.717) is 18.7 Å². The minimum absolute atomic E-state index is 0.309. The van der Waals surface area contributed by atoms with Crippen molar-refractivity contribution in [2.75, 3.05) is 18.0 Å². The lowest BCUT2D eigenvalue weighted by Gasteiger charge is -2.14. The Hall–Kier alpha value is -1.38. The molecule has 1 saturated heterocycles. The third-order valence-electron chi connectivity index (χ3n) is 2.25. The number of anilines is 1. The molecule has 0 N–H and O–H groups in total. The van der Waals surface area contributed by atoms with Crippen LogP contribution in [-0.2, 0) is 4.79 Å². The summed E-state index contributed by atoms with van der Waals surface area (Å²) in [6, 6.07) is 3.97. The van der Waals surface area contributed by atoms with Crippen LogP contribution in [0.15, 0.2) is 18.3 Å². The Balaban J connectivity index is 2.21. The van der Waals surface area contributed by atoms with Crippen molar-refractivity contribution in [1.82, 2.24) is 4.98 Å². The minimum Gasteiger partial charge on any atom is -0.349 e. The standard InChI is InChI=1S/C10H12N2O/c1-8-2-4-11-10(6-8)12-5-3-9(13)7-12/h2,4,6H,3,5,7H2,1H3. The van der Waals surface area contributed by atoms with Gasteiger partial charge in [0.05, 0.1) is 6.54 Å². The van der Waals surface area contributed by atoms with Crippen LogP contribution in [0, 0.1) is 6.92 Å². The zero-order chi connectivity index (χ0) is 9.26. The van der Waals surface area contributed by atoms with Gasteiger partial charge in [-0.15, -0.1) is 0 Å². The first-order valence-corrected chi connectivity index (χ1v) is 4.45. The van der Waals surface area contributed by atoms with Gasteiger partial charge in [-0.05, 0) is 24.6 Å². The summed E-state index contributed by atoms with van der Waals surface area (Å²) in [5, 5.41) is 0. The molecule has 0 atom stereocenters. The Morgan fingerprint density at radius 3 is 3.00 bits per heavy atom. The van der Waals surface area contributed by atoms with Crippen LogP contribution in [0.5, 0.6) is 0 Å². The van der Waals surface area contributed by atoms with Gasteiger partial charge in [0.1, 0.15) is 5.82 Å². The van der Waals surface area contributed by atoms with Crippen LogP contribution in [0.3, 0.4) is 0 Å². The van der Waals surface area contributed by atoms with E-state index in [1.54, 1.807) is 6.20 Å². The van der Waals surface area contributed by atoms with E-state index in [0.717, 1.165) is 12.4 Å². The third-order valence-corrected chi connectivity index (χ3v) is 2.25. The fourth-order valence-electron chi connectivity index (χ4n) is 1.52. The highest BCUT2D eigenvalue weighted by atomic mass is 16.1. The minimum atomic E-state index is 0.309. The molecular weight excluding hydrogens is 164 g/mol. The predicted octanol–water partition coefficient (Wildman–Crippen LogP) is 1.17. The zero-order valence-electron chi connectivity index (χ0n) is 7.66. The number of aromatic nitrogens is 1. The summed E-state index contributed by atoms with van der Waals surface area (Å²) in [5.41, 5.74) is 1.18. The summed E-state index contributed by atoms with van der Waals surface area (Å²) >= 11 is 0. The molecule has 0 bridgehead atoms. The van der Waals surface area contributed by atoms with Gasteiger partial charge in [0.15, 0.2) is 5.78 Å². The van der Waals surface area contributed by atoms with Crippen LogP contribution in [-0.4, -0.2) is 23.9 Å². The van der Waals surface area contributed by atoms with Crippen molar-refractivity contribution in [1.29, 1.82) is 0 Å². The van der Waals surface area contributed by atoms with E-state index >= 15 is 0 Å². The average molecular weight is 176 g/mol. The highest BCUT2D eigenvalue weighted by Crippen LogP contribution is 2.16. The first-order chi connectivity index (χ1) is 6.25. The van der Waals surface area contributed by atoms with Crippen molar-refractivity contribution < 1.29 is 4.79 Å². The normalized spacial score (nSPS) is 16.7. The molecule has 2 heterocycles. The molecule has 2 rings (SSSR count). The summed E-state index contributed by atoms with van der Waals surface area (Å²) in [5.74, 6) is 1.23. The first-order valence-electron chi connectivity index (χ1n) is 4.45. The van der Waals surface area contributed by atoms with E-state index in [1.807, 2.05) is 24.0 Å². The molecule has 0 unspecified atom stereocenters. The van der Waals surface area contributed by atoms with E-state index < -0.39 is 0 Å². The van der Waals surface area contributed by atoms with Gasteiger partial charge in [0, 0.05) is 19.2 Å². The van der Waals surface area contributed by atoms with Crippen molar-refractivity contribution in [3.05, 3.63) is 23.9 Å². The molecule has 3 nitrogen and oxygen atoms in total. The van der Waals surface area contributed by atoms with Gasteiger partial charge in [0.25, 0.3) is 0 Å². The molecule has 0 aliphatic carbocycles. The van der Waals surface area contributed by atoms with Gasteiger partial charge in [-0.2, -0.15) is 0 Å². The van der Waals surface area contributed by atoms with Gasteiger partial charge in [-0.3, -0.25) is 4.79 Å². The Morgan fingerprint density at radius 1 is 1.54 bits per heavy atom. The van der Waals surface area contributed by atoms with E-state index in [-0.39, 0.29) is 0 Å². The summed E-state index contributed by atoms with van der Waals surface area (Å²) < 4.78 is 0. The summed E-state index contributed by atoms with van der Waals surface area (Å²) in [7, 11) is 0. The molecule has 1 aliphatic heterocycles. The summed E-state index contributed by atoms with van der Waals surface area (Å²) in [6.07, 6.45) is 2.45. The number of hydrogen-bond donors (Lipinski definition) is 0. The number of pyridine rings is 1. The third kappa shape index (κ3) is 1.69. The highest BCUT2D eigenvalue weighted by molar-refractivity contribution is 5.86. The van der Waals surface area contributed by atoms with E-state index in [1.165, 1.54) is 5.56 Å². The smallest absolute Gasteiger partial charge is 0.153 e. The molecule has 0 saturated carbocycles. The molecule has 1 aromatic rings. The Labute approximate surface area is 77.4 Å². The molecule has 0 aromatic carbocycles. The van der Waals surface area contributed by atoms with Gasteiger partial charge in [-0.25, -0.2) is 4.98 Å². The Bertz CT molecular complexity index is 335. The molecule has 1 aliphatic rings. The molecule has 13 heavy (non-hydrogen) atoms. The molecule has 1 fully saturated rings. The quantitative estimate of drug-likeness (QED) is 0.644. The topological polar surface area (TPSA) is 33.2 Å². The number of ketones is 1. The van der Waals surface area contributed by atoms with Crippen molar-refractivity contribution in [2.24, 2.45) is 0 Å². The van der Waals surface area contributed by atoms with Crippen molar-refractivity contribution in [2.45, 2.75) is 13.3 Å². The van der Waals surface area contributed by atoms with Crippen LogP contribution < -0.4 is 4.90 Å². The Kier molecular flexibility index (Phi) is 2.00. The predicted molar refractivity (Wildman–Crippen MR) is 50.8 cm³/mol. The fraction of sp³-hybridized carbons (Fsp3) is 0.400. The monoisotopic (exact) mass is 176 g/mol. The first kappa shape index (κ1) is 8.23. The van der Waals surface area contributed by atoms with Crippen molar-refractivity contribution in [3.8, 4) is 0 Å².